The Morgan fingerprint density at radius 2 is 2.00 bits per heavy atom. The molecule has 1 heterocycles. The maximum absolute atomic E-state index is 13.3. The maximum Gasteiger partial charge on any atom is 0.237 e. The molecule has 4 N–H and O–H groups in total. The van der Waals surface area contributed by atoms with Gasteiger partial charge in [-0.2, -0.15) is 0 Å². The molecular weight excluding hydrogens is 384 g/mol. The lowest BCUT2D eigenvalue weighted by Gasteiger charge is -2.30. The van der Waals surface area contributed by atoms with Gasteiger partial charge in [-0.05, 0) is 73.5 Å². The molecule has 1 aromatic heterocycles. The van der Waals surface area contributed by atoms with Gasteiger partial charge in [-0.25, -0.2) is 0 Å². The summed E-state index contributed by atoms with van der Waals surface area (Å²) in [5.41, 5.74) is 9.27. The number of amides is 1. The molecule has 0 saturated carbocycles. The number of pyridine rings is 1. The highest BCUT2D eigenvalue weighted by Gasteiger charge is 2.28. The SMILES string of the molecule is CC(NC(=O)C(CCCN)NC1CCCc2cccnc21)c1cccc2ccccc12. The number of nitrogens with two attached hydrogens (primary N) is 1. The van der Waals surface area contributed by atoms with Gasteiger partial charge in [0.05, 0.1) is 23.8 Å². The lowest BCUT2D eigenvalue weighted by atomic mass is 9.91. The first-order chi connectivity index (χ1) is 15.2. The van der Waals surface area contributed by atoms with Crippen LogP contribution in [0, 0.1) is 0 Å². The van der Waals surface area contributed by atoms with E-state index in [1.54, 1.807) is 0 Å². The number of carbonyl (C=O) groups is 1. The minimum atomic E-state index is -0.293. The number of aromatic nitrogens is 1. The summed E-state index contributed by atoms with van der Waals surface area (Å²) in [4.78, 5) is 17.9. The normalized spacial score (nSPS) is 17.7. The molecule has 0 bridgehead atoms. The molecule has 0 saturated heterocycles. The Bertz CT molecular complexity index is 1030. The van der Waals surface area contributed by atoms with Crippen molar-refractivity contribution in [1.82, 2.24) is 15.6 Å². The number of hydrogen-bond acceptors (Lipinski definition) is 4. The molecule has 31 heavy (non-hydrogen) atoms. The highest BCUT2D eigenvalue weighted by atomic mass is 16.2. The zero-order valence-electron chi connectivity index (χ0n) is 18.2. The van der Waals surface area contributed by atoms with Crippen molar-refractivity contribution in [1.29, 1.82) is 0 Å². The second-order valence-corrected chi connectivity index (χ2v) is 8.44. The van der Waals surface area contributed by atoms with Gasteiger partial charge in [0, 0.05) is 6.20 Å². The predicted molar refractivity (Wildman–Crippen MR) is 126 cm³/mol. The van der Waals surface area contributed by atoms with Gasteiger partial charge in [0.25, 0.3) is 0 Å². The summed E-state index contributed by atoms with van der Waals surface area (Å²) in [6, 6.07) is 18.4. The predicted octanol–water partition coefficient (Wildman–Crippen LogP) is 4.19. The molecule has 1 aliphatic rings. The Morgan fingerprint density at radius 3 is 2.87 bits per heavy atom. The van der Waals surface area contributed by atoms with Gasteiger partial charge in [-0.15, -0.1) is 0 Å². The van der Waals surface area contributed by atoms with Crippen LogP contribution in [-0.4, -0.2) is 23.5 Å². The van der Waals surface area contributed by atoms with Gasteiger partial charge in [-0.3, -0.25) is 15.1 Å². The lowest BCUT2D eigenvalue weighted by Crippen LogP contribution is -2.47. The van der Waals surface area contributed by atoms with Crippen LogP contribution in [0.25, 0.3) is 10.8 Å². The van der Waals surface area contributed by atoms with Crippen LogP contribution in [0.3, 0.4) is 0 Å². The number of hydrogen-bond donors (Lipinski definition) is 3. The first-order valence-corrected chi connectivity index (χ1v) is 11.4. The van der Waals surface area contributed by atoms with E-state index in [1.807, 2.05) is 24.4 Å². The molecule has 5 heteroatoms. The molecule has 0 aliphatic heterocycles. The van der Waals surface area contributed by atoms with Crippen LogP contribution in [0.5, 0.6) is 0 Å². The van der Waals surface area contributed by atoms with E-state index in [9.17, 15) is 4.79 Å². The highest BCUT2D eigenvalue weighted by molar-refractivity contribution is 5.87. The van der Waals surface area contributed by atoms with Gasteiger partial charge in [0.1, 0.15) is 0 Å². The van der Waals surface area contributed by atoms with Gasteiger partial charge >= 0.3 is 0 Å². The fourth-order valence-electron chi connectivity index (χ4n) is 4.65. The van der Waals surface area contributed by atoms with Crippen molar-refractivity contribution < 1.29 is 4.79 Å². The van der Waals surface area contributed by atoms with E-state index in [0.29, 0.717) is 13.0 Å². The third-order valence-electron chi connectivity index (χ3n) is 6.26. The van der Waals surface area contributed by atoms with E-state index in [-0.39, 0.29) is 24.0 Å². The van der Waals surface area contributed by atoms with Crippen molar-refractivity contribution in [2.24, 2.45) is 5.73 Å². The number of carbonyl (C=O) groups excluding carboxylic acids is 1. The topological polar surface area (TPSA) is 80.0 Å². The van der Waals surface area contributed by atoms with E-state index in [1.165, 1.54) is 16.3 Å². The first kappa shape index (κ1) is 21.5. The molecule has 0 radical (unpaired) electrons. The van der Waals surface area contributed by atoms with Crippen LogP contribution in [-0.2, 0) is 11.2 Å². The summed E-state index contributed by atoms with van der Waals surface area (Å²) in [5.74, 6) is 0.0249. The van der Waals surface area contributed by atoms with Crippen molar-refractivity contribution in [3.63, 3.8) is 0 Å². The highest BCUT2D eigenvalue weighted by Crippen LogP contribution is 2.29. The van der Waals surface area contributed by atoms with E-state index in [0.717, 1.165) is 36.9 Å². The minimum absolute atomic E-state index is 0.0249. The molecular formula is C26H32N4O. The summed E-state index contributed by atoms with van der Waals surface area (Å²) in [6.07, 6.45) is 6.51. The second-order valence-electron chi connectivity index (χ2n) is 8.44. The first-order valence-electron chi connectivity index (χ1n) is 11.4. The standard InChI is InChI=1S/C26H32N4O/c1-18(21-13-4-9-19-8-2-3-12-22(19)21)29-26(31)24(15-6-16-27)30-23-14-5-10-20-11-7-17-28-25(20)23/h2-4,7-9,11-13,17-18,23-24,30H,5-6,10,14-16,27H2,1H3,(H,29,31). The van der Waals surface area contributed by atoms with Crippen LogP contribution < -0.4 is 16.4 Å². The molecule has 0 spiro atoms. The average molecular weight is 417 g/mol. The number of fused-ring (bicyclic) bond motifs is 2. The van der Waals surface area contributed by atoms with Crippen LogP contribution >= 0.6 is 0 Å². The molecule has 3 aromatic rings. The molecule has 3 atom stereocenters. The largest absolute Gasteiger partial charge is 0.348 e. The van der Waals surface area contributed by atoms with Gasteiger partial charge in [-0.1, -0.05) is 48.5 Å². The third-order valence-corrected chi connectivity index (χ3v) is 6.26. The van der Waals surface area contributed by atoms with E-state index >= 15 is 0 Å². The molecule has 2 aromatic carbocycles. The fraction of sp³-hybridized carbons (Fsp3) is 0.385. The van der Waals surface area contributed by atoms with Crippen LogP contribution in [0.2, 0.25) is 0 Å². The van der Waals surface area contributed by atoms with Crippen molar-refractivity contribution in [2.45, 2.75) is 57.2 Å². The van der Waals surface area contributed by atoms with Gasteiger partial charge in [0.15, 0.2) is 0 Å². The fourth-order valence-corrected chi connectivity index (χ4v) is 4.65. The summed E-state index contributed by atoms with van der Waals surface area (Å²) < 4.78 is 0. The zero-order chi connectivity index (χ0) is 21.6. The van der Waals surface area contributed by atoms with Crippen molar-refractivity contribution in [3.05, 3.63) is 77.6 Å². The Kier molecular flexibility index (Phi) is 6.95. The Balaban J connectivity index is 1.51. The van der Waals surface area contributed by atoms with E-state index in [2.05, 4.69) is 58.9 Å². The molecule has 5 nitrogen and oxygen atoms in total. The van der Waals surface area contributed by atoms with Crippen LogP contribution in [0.1, 0.15) is 61.5 Å². The number of aryl methyl sites for hydroxylation is 1. The molecule has 1 aliphatic carbocycles. The maximum atomic E-state index is 13.3. The summed E-state index contributed by atoms with van der Waals surface area (Å²) in [6.45, 7) is 2.63. The summed E-state index contributed by atoms with van der Waals surface area (Å²) in [7, 11) is 0. The monoisotopic (exact) mass is 416 g/mol. The molecule has 4 rings (SSSR count). The minimum Gasteiger partial charge on any atom is -0.348 e. The van der Waals surface area contributed by atoms with E-state index in [4.69, 9.17) is 5.73 Å². The van der Waals surface area contributed by atoms with Crippen molar-refractivity contribution in [2.75, 3.05) is 6.54 Å². The summed E-state index contributed by atoms with van der Waals surface area (Å²) >= 11 is 0. The van der Waals surface area contributed by atoms with Crippen molar-refractivity contribution >= 4 is 16.7 Å². The van der Waals surface area contributed by atoms with Gasteiger partial charge < -0.3 is 11.1 Å². The van der Waals surface area contributed by atoms with Crippen LogP contribution in [0.15, 0.2) is 60.8 Å². The summed E-state index contributed by atoms with van der Waals surface area (Å²) in [5, 5.41) is 9.22. The second kappa shape index (κ2) is 10.0. The number of rotatable bonds is 8. The average Bonchev–Trinajstić information content (AvgIpc) is 2.81. The molecule has 0 fully saturated rings. The Hall–Kier alpha value is -2.76. The Morgan fingerprint density at radius 1 is 1.16 bits per heavy atom. The third kappa shape index (κ3) is 4.94. The molecule has 162 valence electrons. The quantitative estimate of drug-likeness (QED) is 0.514. The lowest BCUT2D eigenvalue weighted by molar-refractivity contribution is -0.124. The number of nitrogens with one attached hydrogen (secondary N) is 2. The zero-order valence-corrected chi connectivity index (χ0v) is 18.2. The van der Waals surface area contributed by atoms with Crippen molar-refractivity contribution in [3.8, 4) is 0 Å². The smallest absolute Gasteiger partial charge is 0.237 e. The van der Waals surface area contributed by atoms with Crippen LogP contribution in [0.4, 0.5) is 0 Å². The number of benzene rings is 2. The Labute approximate surface area is 184 Å². The number of nitrogens with zero attached hydrogens (tertiary/aromatic N) is 1. The molecule has 1 amide bonds. The molecule has 3 unspecified atom stereocenters. The van der Waals surface area contributed by atoms with E-state index < -0.39 is 0 Å². The van der Waals surface area contributed by atoms with Gasteiger partial charge in [0.2, 0.25) is 5.91 Å².